The summed E-state index contributed by atoms with van der Waals surface area (Å²) in [6.45, 7) is 4.52. The fourth-order valence-corrected chi connectivity index (χ4v) is 2.45. The lowest BCUT2D eigenvalue weighted by atomic mass is 10.1. The topological polar surface area (TPSA) is 29.1 Å². The fourth-order valence-electron chi connectivity index (χ4n) is 1.57. The number of alkyl halides is 1. The van der Waals surface area contributed by atoms with Crippen LogP contribution >= 0.6 is 27.5 Å². The van der Waals surface area contributed by atoms with Crippen LogP contribution in [0.3, 0.4) is 0 Å². The highest BCUT2D eigenvalue weighted by atomic mass is 79.9. The van der Waals surface area contributed by atoms with Gasteiger partial charge in [-0.05, 0) is 40.4 Å². The Kier molecular flexibility index (Phi) is 6.09. The summed E-state index contributed by atoms with van der Waals surface area (Å²) >= 11 is 9.14. The Morgan fingerprint density at radius 1 is 1.50 bits per heavy atom. The molecule has 1 atom stereocenters. The van der Waals surface area contributed by atoms with Crippen LogP contribution in [0.25, 0.3) is 0 Å². The molecule has 5 heteroatoms. The first-order valence-corrected chi connectivity index (χ1v) is 7.01. The molecule has 0 aromatic heterocycles. The zero-order chi connectivity index (χ0) is 13.7. The van der Waals surface area contributed by atoms with Crippen molar-refractivity contribution in [2.75, 3.05) is 6.54 Å². The van der Waals surface area contributed by atoms with Crippen molar-refractivity contribution in [3.8, 4) is 0 Å². The molecule has 1 unspecified atom stereocenters. The number of rotatable bonds is 5. The monoisotopic (exact) mass is 335 g/mol. The average molecular weight is 337 g/mol. The average Bonchev–Trinajstić information content (AvgIpc) is 2.29. The van der Waals surface area contributed by atoms with Gasteiger partial charge in [0.2, 0.25) is 0 Å². The fraction of sp³-hybridized carbons (Fsp3) is 0.462. The largest absolute Gasteiger partial charge is 0.351 e. The molecule has 0 aliphatic rings. The lowest BCUT2D eigenvalue weighted by Gasteiger charge is -2.13. The Bertz CT molecular complexity index is 425. The Morgan fingerprint density at radius 3 is 2.78 bits per heavy atom. The van der Waals surface area contributed by atoms with Gasteiger partial charge in [0.05, 0.1) is 15.4 Å². The zero-order valence-electron chi connectivity index (χ0n) is 10.3. The predicted molar refractivity (Wildman–Crippen MR) is 75.5 cm³/mol. The molecule has 0 heterocycles. The van der Waals surface area contributed by atoms with Crippen LogP contribution in [0.15, 0.2) is 22.7 Å². The Balaban J connectivity index is 2.58. The molecule has 1 rings (SSSR count). The van der Waals surface area contributed by atoms with Gasteiger partial charge in [0, 0.05) is 6.54 Å². The van der Waals surface area contributed by atoms with Gasteiger partial charge < -0.3 is 5.32 Å². The van der Waals surface area contributed by atoms with Crippen molar-refractivity contribution in [2.24, 2.45) is 5.92 Å². The number of carbonyl (C=O) groups excluding carboxylic acids is 1. The summed E-state index contributed by atoms with van der Waals surface area (Å²) in [5.74, 6) is -0.298. The van der Waals surface area contributed by atoms with Gasteiger partial charge in [0.25, 0.3) is 5.91 Å². The van der Waals surface area contributed by atoms with Crippen molar-refractivity contribution in [3.63, 3.8) is 0 Å². The van der Waals surface area contributed by atoms with Crippen molar-refractivity contribution < 1.29 is 9.18 Å². The van der Waals surface area contributed by atoms with Gasteiger partial charge in [-0.15, -0.1) is 11.6 Å². The number of hydrogen-bond acceptors (Lipinski definition) is 1. The van der Waals surface area contributed by atoms with Gasteiger partial charge >= 0.3 is 0 Å². The second-order valence-corrected chi connectivity index (χ2v) is 5.95. The van der Waals surface area contributed by atoms with E-state index in [4.69, 9.17) is 11.6 Å². The summed E-state index contributed by atoms with van der Waals surface area (Å²) in [6.07, 6.45) is 0.826. The maximum Gasteiger partial charge on any atom is 0.252 e. The third-order valence-electron chi connectivity index (χ3n) is 2.41. The minimum atomic E-state index is -0.452. The summed E-state index contributed by atoms with van der Waals surface area (Å²) in [4.78, 5) is 11.8. The van der Waals surface area contributed by atoms with E-state index in [1.54, 1.807) is 6.07 Å². The normalized spacial score (nSPS) is 12.6. The molecule has 0 radical (unpaired) electrons. The molecule has 0 saturated heterocycles. The summed E-state index contributed by atoms with van der Waals surface area (Å²) in [5.41, 5.74) is 0.281. The second-order valence-electron chi connectivity index (χ2n) is 4.54. The van der Waals surface area contributed by atoms with E-state index in [0.29, 0.717) is 12.5 Å². The van der Waals surface area contributed by atoms with E-state index in [1.807, 2.05) is 0 Å². The van der Waals surface area contributed by atoms with Gasteiger partial charge in [0.1, 0.15) is 5.82 Å². The minimum Gasteiger partial charge on any atom is -0.351 e. The molecule has 1 N–H and O–H groups in total. The van der Waals surface area contributed by atoms with Crippen LogP contribution < -0.4 is 5.32 Å². The number of benzene rings is 1. The summed E-state index contributed by atoms with van der Waals surface area (Å²) in [6, 6.07) is 4.36. The van der Waals surface area contributed by atoms with Crippen LogP contribution in [-0.4, -0.2) is 17.8 Å². The Hall–Kier alpha value is -0.610. The smallest absolute Gasteiger partial charge is 0.252 e. The number of carbonyl (C=O) groups is 1. The molecule has 2 nitrogen and oxygen atoms in total. The van der Waals surface area contributed by atoms with Gasteiger partial charge in [-0.3, -0.25) is 4.79 Å². The van der Waals surface area contributed by atoms with E-state index >= 15 is 0 Å². The summed E-state index contributed by atoms with van der Waals surface area (Å²) < 4.78 is 13.4. The molecule has 1 aromatic rings. The summed E-state index contributed by atoms with van der Waals surface area (Å²) in [7, 11) is 0. The molecule has 0 aliphatic heterocycles. The van der Waals surface area contributed by atoms with E-state index in [9.17, 15) is 9.18 Å². The van der Waals surface area contributed by atoms with Crippen LogP contribution in [0, 0.1) is 11.7 Å². The quantitative estimate of drug-likeness (QED) is 0.810. The molecule has 18 heavy (non-hydrogen) atoms. The Labute approximate surface area is 120 Å². The van der Waals surface area contributed by atoms with Crippen molar-refractivity contribution in [1.82, 2.24) is 5.32 Å². The highest BCUT2D eigenvalue weighted by Gasteiger charge is 2.14. The van der Waals surface area contributed by atoms with Crippen molar-refractivity contribution in [2.45, 2.75) is 25.6 Å². The second kappa shape index (κ2) is 7.10. The van der Waals surface area contributed by atoms with Crippen LogP contribution in [0.1, 0.15) is 30.6 Å². The third kappa shape index (κ3) is 4.58. The SMILES string of the molecule is CC(C)CC(Cl)CNC(=O)c1cccc(F)c1Br. The van der Waals surface area contributed by atoms with Crippen molar-refractivity contribution in [3.05, 3.63) is 34.1 Å². The van der Waals surface area contributed by atoms with Crippen LogP contribution in [0.5, 0.6) is 0 Å². The van der Waals surface area contributed by atoms with Crippen LogP contribution in [0.2, 0.25) is 0 Å². The Morgan fingerprint density at radius 2 is 2.17 bits per heavy atom. The lowest BCUT2D eigenvalue weighted by Crippen LogP contribution is -2.30. The number of nitrogens with one attached hydrogen (secondary N) is 1. The molecule has 100 valence electrons. The molecular formula is C13H16BrClFNO. The highest BCUT2D eigenvalue weighted by molar-refractivity contribution is 9.10. The first kappa shape index (κ1) is 15.4. The van der Waals surface area contributed by atoms with Gasteiger partial charge in [-0.1, -0.05) is 19.9 Å². The van der Waals surface area contributed by atoms with Crippen molar-refractivity contribution >= 4 is 33.4 Å². The molecule has 1 amide bonds. The summed E-state index contributed by atoms with van der Waals surface area (Å²) in [5, 5.41) is 2.59. The van der Waals surface area contributed by atoms with Gasteiger partial charge in [-0.25, -0.2) is 4.39 Å². The molecular weight excluding hydrogens is 321 g/mol. The van der Waals surface area contributed by atoms with E-state index < -0.39 is 5.82 Å². The van der Waals surface area contributed by atoms with E-state index in [-0.39, 0.29) is 21.3 Å². The van der Waals surface area contributed by atoms with Crippen LogP contribution in [0.4, 0.5) is 4.39 Å². The standard InChI is InChI=1S/C13H16BrClFNO/c1-8(2)6-9(15)7-17-13(18)10-4-3-5-11(16)12(10)14/h3-5,8-9H,6-7H2,1-2H3,(H,17,18). The number of amides is 1. The van der Waals surface area contributed by atoms with Gasteiger partial charge in [0.15, 0.2) is 0 Å². The molecule has 0 spiro atoms. The molecule has 0 bridgehead atoms. The molecule has 0 fully saturated rings. The third-order valence-corrected chi connectivity index (χ3v) is 3.55. The highest BCUT2D eigenvalue weighted by Crippen LogP contribution is 2.20. The lowest BCUT2D eigenvalue weighted by molar-refractivity contribution is 0.0951. The minimum absolute atomic E-state index is 0.110. The zero-order valence-corrected chi connectivity index (χ0v) is 12.7. The first-order valence-electron chi connectivity index (χ1n) is 5.78. The van der Waals surface area contributed by atoms with E-state index in [0.717, 1.165) is 6.42 Å². The molecule has 0 saturated carbocycles. The number of hydrogen-bond donors (Lipinski definition) is 1. The van der Waals surface area contributed by atoms with Crippen molar-refractivity contribution in [1.29, 1.82) is 0 Å². The van der Waals surface area contributed by atoms with Gasteiger partial charge in [-0.2, -0.15) is 0 Å². The maximum absolute atomic E-state index is 13.3. The predicted octanol–water partition coefficient (Wildman–Crippen LogP) is 3.97. The number of halogens is 3. The van der Waals surface area contributed by atoms with E-state index in [2.05, 4.69) is 35.1 Å². The first-order chi connectivity index (χ1) is 8.41. The van der Waals surface area contributed by atoms with E-state index in [1.165, 1.54) is 12.1 Å². The molecule has 0 aliphatic carbocycles. The maximum atomic E-state index is 13.3. The van der Waals surface area contributed by atoms with Crippen LogP contribution in [-0.2, 0) is 0 Å². The molecule has 1 aromatic carbocycles.